The quantitative estimate of drug-likeness (QED) is 0.887. The van der Waals surface area contributed by atoms with Crippen LogP contribution in [0.1, 0.15) is 24.2 Å². The lowest BCUT2D eigenvalue weighted by molar-refractivity contribution is 0.790. The number of aryl methyl sites for hydroxylation is 1. The molecule has 88 valence electrons. The van der Waals surface area contributed by atoms with Gasteiger partial charge in [0, 0.05) is 34.1 Å². The van der Waals surface area contributed by atoms with Crippen molar-refractivity contribution in [2.24, 2.45) is 5.73 Å². The number of benzene rings is 1. The van der Waals surface area contributed by atoms with E-state index in [9.17, 15) is 0 Å². The van der Waals surface area contributed by atoms with Crippen molar-refractivity contribution in [2.75, 3.05) is 0 Å². The molecule has 2 aromatic rings. The van der Waals surface area contributed by atoms with Crippen molar-refractivity contribution in [3.05, 3.63) is 46.7 Å². The third-order valence-electron chi connectivity index (χ3n) is 2.61. The minimum Gasteiger partial charge on any atom is -0.324 e. The molecule has 0 saturated carbocycles. The number of hydrogen-bond acceptors (Lipinski definition) is 3. The van der Waals surface area contributed by atoms with Crippen molar-refractivity contribution in [1.82, 2.24) is 9.97 Å². The van der Waals surface area contributed by atoms with Gasteiger partial charge >= 0.3 is 0 Å². The van der Waals surface area contributed by atoms with Gasteiger partial charge in [-0.2, -0.15) is 0 Å². The van der Waals surface area contributed by atoms with Gasteiger partial charge in [-0.15, -0.1) is 0 Å². The van der Waals surface area contributed by atoms with E-state index in [4.69, 9.17) is 17.3 Å². The van der Waals surface area contributed by atoms with Crippen LogP contribution < -0.4 is 5.73 Å². The van der Waals surface area contributed by atoms with Crippen molar-refractivity contribution in [3.63, 3.8) is 0 Å². The fourth-order valence-electron chi connectivity index (χ4n) is 1.66. The zero-order valence-corrected chi connectivity index (χ0v) is 10.6. The van der Waals surface area contributed by atoms with Crippen LogP contribution in [0.15, 0.2) is 30.5 Å². The smallest absolute Gasteiger partial charge is 0.159 e. The van der Waals surface area contributed by atoms with E-state index in [2.05, 4.69) is 9.97 Å². The normalized spacial score (nSPS) is 12.5. The first-order valence-corrected chi connectivity index (χ1v) is 5.81. The molecule has 0 unspecified atom stereocenters. The van der Waals surface area contributed by atoms with E-state index in [1.165, 1.54) is 0 Å². The number of halogens is 1. The van der Waals surface area contributed by atoms with E-state index >= 15 is 0 Å². The summed E-state index contributed by atoms with van der Waals surface area (Å²) in [7, 11) is 0. The van der Waals surface area contributed by atoms with E-state index in [0.717, 1.165) is 16.8 Å². The van der Waals surface area contributed by atoms with Crippen LogP contribution in [0.3, 0.4) is 0 Å². The predicted molar refractivity (Wildman–Crippen MR) is 69.8 cm³/mol. The van der Waals surface area contributed by atoms with E-state index in [1.807, 2.05) is 38.1 Å². The summed E-state index contributed by atoms with van der Waals surface area (Å²) >= 11 is 5.84. The Kier molecular flexibility index (Phi) is 3.41. The molecule has 4 heteroatoms. The minimum atomic E-state index is -0.0470. The highest BCUT2D eigenvalue weighted by atomic mass is 35.5. The van der Waals surface area contributed by atoms with Crippen LogP contribution in [0.2, 0.25) is 5.02 Å². The Morgan fingerprint density at radius 1 is 1.24 bits per heavy atom. The molecule has 0 spiro atoms. The van der Waals surface area contributed by atoms with E-state index in [-0.39, 0.29) is 6.04 Å². The Labute approximate surface area is 106 Å². The summed E-state index contributed by atoms with van der Waals surface area (Å²) in [6.07, 6.45) is 1.79. The maximum atomic E-state index is 5.84. The van der Waals surface area contributed by atoms with Crippen LogP contribution in [-0.2, 0) is 0 Å². The van der Waals surface area contributed by atoms with Crippen molar-refractivity contribution < 1.29 is 0 Å². The predicted octanol–water partition coefficient (Wildman–Crippen LogP) is 3.13. The fourth-order valence-corrected chi connectivity index (χ4v) is 1.79. The fraction of sp³-hybridized carbons (Fsp3) is 0.231. The lowest BCUT2D eigenvalue weighted by atomic mass is 10.1. The highest BCUT2D eigenvalue weighted by molar-refractivity contribution is 6.30. The first kappa shape index (κ1) is 12.0. The summed E-state index contributed by atoms with van der Waals surface area (Å²) < 4.78 is 0. The molecular weight excluding hydrogens is 234 g/mol. The maximum absolute atomic E-state index is 5.84. The van der Waals surface area contributed by atoms with Crippen LogP contribution in [0.5, 0.6) is 0 Å². The summed E-state index contributed by atoms with van der Waals surface area (Å²) in [5, 5.41) is 0.706. The van der Waals surface area contributed by atoms with Crippen LogP contribution in [0.25, 0.3) is 11.4 Å². The van der Waals surface area contributed by atoms with Gasteiger partial charge in [0.25, 0.3) is 0 Å². The second-order valence-electron chi connectivity index (χ2n) is 4.03. The van der Waals surface area contributed by atoms with Gasteiger partial charge < -0.3 is 5.73 Å². The SMILES string of the molecule is Cc1nc(-c2ccc(Cl)cc2)ncc1[C@H](C)N. The number of rotatable bonds is 2. The molecule has 2 N–H and O–H groups in total. The number of nitrogens with two attached hydrogens (primary N) is 1. The average Bonchev–Trinajstić information content (AvgIpc) is 2.29. The molecular formula is C13H14ClN3. The van der Waals surface area contributed by atoms with E-state index in [1.54, 1.807) is 6.20 Å². The summed E-state index contributed by atoms with van der Waals surface area (Å²) in [5.74, 6) is 0.698. The van der Waals surface area contributed by atoms with Crippen molar-refractivity contribution >= 4 is 11.6 Å². The lowest BCUT2D eigenvalue weighted by Crippen LogP contribution is -2.09. The third kappa shape index (κ3) is 2.62. The number of hydrogen-bond donors (Lipinski definition) is 1. The molecule has 1 aromatic carbocycles. The maximum Gasteiger partial charge on any atom is 0.159 e. The first-order valence-electron chi connectivity index (χ1n) is 5.43. The van der Waals surface area contributed by atoms with Gasteiger partial charge in [-0.3, -0.25) is 0 Å². The van der Waals surface area contributed by atoms with E-state index < -0.39 is 0 Å². The highest BCUT2D eigenvalue weighted by Gasteiger charge is 2.08. The number of nitrogens with zero attached hydrogens (tertiary/aromatic N) is 2. The molecule has 0 radical (unpaired) electrons. The molecule has 1 heterocycles. The molecule has 0 aliphatic heterocycles. The molecule has 1 atom stereocenters. The Morgan fingerprint density at radius 2 is 1.88 bits per heavy atom. The van der Waals surface area contributed by atoms with Crippen molar-refractivity contribution in [2.45, 2.75) is 19.9 Å². The second-order valence-corrected chi connectivity index (χ2v) is 4.47. The van der Waals surface area contributed by atoms with Crippen LogP contribution in [0, 0.1) is 6.92 Å². The van der Waals surface area contributed by atoms with Gasteiger partial charge in [-0.25, -0.2) is 9.97 Å². The lowest BCUT2D eigenvalue weighted by Gasteiger charge is -2.09. The topological polar surface area (TPSA) is 51.8 Å². The zero-order chi connectivity index (χ0) is 12.4. The van der Waals surface area contributed by atoms with Gasteiger partial charge in [0.05, 0.1) is 0 Å². The van der Waals surface area contributed by atoms with Gasteiger partial charge in [0.1, 0.15) is 0 Å². The molecule has 0 aliphatic rings. The third-order valence-corrected chi connectivity index (χ3v) is 2.86. The van der Waals surface area contributed by atoms with Crippen molar-refractivity contribution in [1.29, 1.82) is 0 Å². The molecule has 1 aromatic heterocycles. The average molecular weight is 248 g/mol. The molecule has 3 nitrogen and oxygen atoms in total. The Bertz CT molecular complexity index is 521. The highest BCUT2D eigenvalue weighted by Crippen LogP contribution is 2.20. The van der Waals surface area contributed by atoms with Gasteiger partial charge in [-0.1, -0.05) is 11.6 Å². The molecule has 0 bridgehead atoms. The van der Waals surface area contributed by atoms with Crippen LogP contribution in [0.4, 0.5) is 0 Å². The summed E-state index contributed by atoms with van der Waals surface area (Å²) in [6, 6.07) is 7.42. The first-order chi connectivity index (χ1) is 8.08. The van der Waals surface area contributed by atoms with E-state index in [0.29, 0.717) is 10.8 Å². The van der Waals surface area contributed by atoms with Gasteiger partial charge in [0.2, 0.25) is 0 Å². The molecule has 0 amide bonds. The standard InChI is InChI=1S/C13H14ClN3/c1-8(15)12-7-16-13(17-9(12)2)10-3-5-11(14)6-4-10/h3-8H,15H2,1-2H3/t8-/m0/s1. The number of aromatic nitrogens is 2. The molecule has 0 saturated heterocycles. The monoisotopic (exact) mass is 247 g/mol. The van der Waals surface area contributed by atoms with Crippen molar-refractivity contribution in [3.8, 4) is 11.4 Å². The van der Waals surface area contributed by atoms with Gasteiger partial charge in [-0.05, 0) is 38.1 Å². The summed E-state index contributed by atoms with van der Waals surface area (Å²) in [5.41, 5.74) is 8.67. The van der Waals surface area contributed by atoms with Crippen LogP contribution in [-0.4, -0.2) is 9.97 Å². The Hall–Kier alpha value is -1.45. The molecule has 0 fully saturated rings. The molecule has 2 rings (SSSR count). The summed E-state index contributed by atoms with van der Waals surface area (Å²) in [4.78, 5) is 8.79. The molecule has 17 heavy (non-hydrogen) atoms. The Morgan fingerprint density at radius 3 is 2.41 bits per heavy atom. The molecule has 0 aliphatic carbocycles. The minimum absolute atomic E-state index is 0.0470. The zero-order valence-electron chi connectivity index (χ0n) is 9.81. The van der Waals surface area contributed by atoms with Gasteiger partial charge in [0.15, 0.2) is 5.82 Å². The largest absolute Gasteiger partial charge is 0.324 e. The summed E-state index contributed by atoms with van der Waals surface area (Å²) in [6.45, 7) is 3.87. The second kappa shape index (κ2) is 4.82. The van der Waals surface area contributed by atoms with Crippen LogP contribution >= 0.6 is 11.6 Å². The Balaban J connectivity index is 2.41.